The van der Waals surface area contributed by atoms with Crippen molar-refractivity contribution >= 4 is 34.2 Å². The number of aromatic nitrogens is 3. The molecule has 1 N–H and O–H groups in total. The first kappa shape index (κ1) is 24.8. The van der Waals surface area contributed by atoms with E-state index in [2.05, 4.69) is 20.5 Å². The van der Waals surface area contributed by atoms with Crippen molar-refractivity contribution in [2.24, 2.45) is 0 Å². The third kappa shape index (κ3) is 4.64. The van der Waals surface area contributed by atoms with Gasteiger partial charge in [-0.15, -0.1) is 5.10 Å². The number of piperazine rings is 1. The Morgan fingerprint density at radius 2 is 2.00 bits per heavy atom. The molecule has 0 spiro atoms. The van der Waals surface area contributed by atoms with Crippen LogP contribution < -0.4 is 10.2 Å². The van der Waals surface area contributed by atoms with Gasteiger partial charge in [-0.2, -0.15) is 13.2 Å². The summed E-state index contributed by atoms with van der Waals surface area (Å²) in [5, 5.41) is 11.7. The third-order valence-corrected chi connectivity index (χ3v) is 7.46. The van der Waals surface area contributed by atoms with Gasteiger partial charge in [0.15, 0.2) is 0 Å². The van der Waals surface area contributed by atoms with Gasteiger partial charge in [0.2, 0.25) is 5.91 Å². The summed E-state index contributed by atoms with van der Waals surface area (Å²) in [4.78, 5) is 17.0. The summed E-state index contributed by atoms with van der Waals surface area (Å²) in [6.45, 7) is 6.54. The summed E-state index contributed by atoms with van der Waals surface area (Å²) in [6.07, 6.45) is -2.65. The molecule has 192 valence electrons. The van der Waals surface area contributed by atoms with E-state index >= 15 is 0 Å². The van der Waals surface area contributed by atoms with Crippen molar-refractivity contribution in [1.29, 1.82) is 0 Å². The summed E-state index contributed by atoms with van der Waals surface area (Å²) < 4.78 is 42.7. The molecule has 1 unspecified atom stereocenters. The molecule has 7 nitrogen and oxygen atoms in total. The van der Waals surface area contributed by atoms with Gasteiger partial charge in [0.05, 0.1) is 23.2 Å². The van der Waals surface area contributed by atoms with Crippen LogP contribution in [0.15, 0.2) is 36.4 Å². The van der Waals surface area contributed by atoms with E-state index < -0.39 is 17.8 Å². The van der Waals surface area contributed by atoms with Gasteiger partial charge < -0.3 is 15.1 Å². The Bertz CT molecular complexity index is 1270. The molecule has 36 heavy (non-hydrogen) atoms. The normalized spacial score (nSPS) is 21.8. The molecule has 2 fully saturated rings. The van der Waals surface area contributed by atoms with Crippen LogP contribution in [0, 0.1) is 0 Å². The molecule has 0 aliphatic carbocycles. The topological polar surface area (TPSA) is 66.3 Å². The van der Waals surface area contributed by atoms with Crippen LogP contribution in [0.4, 0.5) is 18.9 Å². The number of halogens is 4. The maximum absolute atomic E-state index is 13.7. The van der Waals surface area contributed by atoms with Crippen molar-refractivity contribution in [3.63, 3.8) is 0 Å². The second-order valence-corrected chi connectivity index (χ2v) is 10.0. The standard InChI is InChI=1S/C25H28ClF3N6O/c1-15-14-33(10-11-34(15)24(36)22-4-3-9-30-22)18-6-8-21-23(13-18)35(32-31-21)16(2)19-7-5-17(26)12-20(19)25(27,28)29/h5-8,12-13,15-16,22,30H,3-4,9-11,14H2,1-2H3/t15-,16-,22?/m1/s1. The smallest absolute Gasteiger partial charge is 0.368 e. The maximum Gasteiger partial charge on any atom is 0.416 e. The van der Waals surface area contributed by atoms with Gasteiger partial charge in [-0.3, -0.25) is 4.79 Å². The molecule has 2 aliphatic rings. The molecule has 2 saturated heterocycles. The molecule has 2 aromatic carbocycles. The van der Waals surface area contributed by atoms with Crippen LogP contribution in [0.1, 0.15) is 43.9 Å². The summed E-state index contributed by atoms with van der Waals surface area (Å²) in [6, 6.07) is 8.71. The number of rotatable bonds is 4. The number of amides is 1. The van der Waals surface area contributed by atoms with Crippen molar-refractivity contribution in [2.45, 2.75) is 51.0 Å². The predicted molar refractivity (Wildman–Crippen MR) is 132 cm³/mol. The molecule has 0 bridgehead atoms. The SMILES string of the molecule is C[C@@H]1CN(c2ccc3nnn([C@H](C)c4ccc(Cl)cc4C(F)(F)F)c3c2)CCN1C(=O)C1CCCN1. The minimum absolute atomic E-state index is 0.0273. The Balaban J connectivity index is 1.40. The fourth-order valence-electron chi connectivity index (χ4n) is 5.29. The van der Waals surface area contributed by atoms with Crippen molar-refractivity contribution in [1.82, 2.24) is 25.2 Å². The maximum atomic E-state index is 13.7. The molecule has 0 radical (unpaired) electrons. The van der Waals surface area contributed by atoms with Crippen LogP contribution in [-0.4, -0.2) is 64.1 Å². The highest BCUT2D eigenvalue weighted by atomic mass is 35.5. The lowest BCUT2D eigenvalue weighted by molar-refractivity contribution is -0.138. The lowest BCUT2D eigenvalue weighted by Gasteiger charge is -2.42. The van der Waals surface area contributed by atoms with Crippen LogP contribution in [0.25, 0.3) is 11.0 Å². The van der Waals surface area contributed by atoms with Crippen molar-refractivity contribution in [3.8, 4) is 0 Å². The van der Waals surface area contributed by atoms with Gasteiger partial charge in [0, 0.05) is 36.4 Å². The van der Waals surface area contributed by atoms with Crippen LogP contribution in [0.5, 0.6) is 0 Å². The number of carbonyl (C=O) groups excluding carboxylic acids is 1. The third-order valence-electron chi connectivity index (χ3n) is 7.23. The van der Waals surface area contributed by atoms with Gasteiger partial charge >= 0.3 is 6.18 Å². The largest absolute Gasteiger partial charge is 0.416 e. The van der Waals surface area contributed by atoms with E-state index in [1.807, 2.05) is 30.0 Å². The number of benzene rings is 2. The van der Waals surface area contributed by atoms with Gasteiger partial charge in [-0.1, -0.05) is 22.9 Å². The summed E-state index contributed by atoms with van der Waals surface area (Å²) in [5.41, 5.74) is 1.45. The minimum Gasteiger partial charge on any atom is -0.368 e. The Morgan fingerprint density at radius 1 is 1.19 bits per heavy atom. The average molecular weight is 521 g/mol. The fourth-order valence-corrected chi connectivity index (χ4v) is 5.46. The summed E-state index contributed by atoms with van der Waals surface area (Å²) in [5.74, 6) is 0.162. The monoisotopic (exact) mass is 520 g/mol. The lowest BCUT2D eigenvalue weighted by atomic mass is 10.0. The number of carbonyl (C=O) groups is 1. The van der Waals surface area contributed by atoms with Gasteiger partial charge in [0.25, 0.3) is 0 Å². The number of alkyl halides is 3. The molecule has 11 heteroatoms. The first-order valence-corrected chi connectivity index (χ1v) is 12.5. The van der Waals surface area contributed by atoms with E-state index in [0.717, 1.165) is 31.1 Å². The number of nitrogens with one attached hydrogen (secondary N) is 1. The Morgan fingerprint density at radius 3 is 2.69 bits per heavy atom. The molecule has 1 aromatic heterocycles. The molecule has 0 saturated carbocycles. The average Bonchev–Trinajstić information content (AvgIpc) is 3.52. The van der Waals surface area contributed by atoms with Crippen molar-refractivity contribution < 1.29 is 18.0 Å². The Labute approximate surface area is 212 Å². The Hall–Kier alpha value is -2.85. The van der Waals surface area contributed by atoms with Crippen LogP contribution in [0.3, 0.4) is 0 Å². The number of nitrogens with zero attached hydrogens (tertiary/aromatic N) is 5. The van der Waals surface area contributed by atoms with E-state index in [4.69, 9.17) is 11.6 Å². The second kappa shape index (κ2) is 9.55. The number of anilines is 1. The molecule has 3 heterocycles. The molecule has 1 amide bonds. The number of hydrogen-bond acceptors (Lipinski definition) is 5. The highest BCUT2D eigenvalue weighted by molar-refractivity contribution is 6.30. The van der Waals surface area contributed by atoms with E-state index in [0.29, 0.717) is 30.7 Å². The predicted octanol–water partition coefficient (Wildman–Crippen LogP) is 4.50. The van der Waals surface area contributed by atoms with Crippen LogP contribution in [0.2, 0.25) is 5.02 Å². The van der Waals surface area contributed by atoms with Crippen molar-refractivity contribution in [3.05, 3.63) is 52.5 Å². The van der Waals surface area contributed by atoms with Crippen LogP contribution >= 0.6 is 11.6 Å². The van der Waals surface area contributed by atoms with Gasteiger partial charge in [-0.05, 0) is 69.1 Å². The van der Waals surface area contributed by atoms with Gasteiger partial charge in [0.1, 0.15) is 5.52 Å². The van der Waals surface area contributed by atoms with Gasteiger partial charge in [-0.25, -0.2) is 4.68 Å². The van der Waals surface area contributed by atoms with E-state index in [-0.39, 0.29) is 28.6 Å². The molecule has 5 rings (SSSR count). The van der Waals surface area contributed by atoms with Crippen LogP contribution in [-0.2, 0) is 11.0 Å². The lowest BCUT2D eigenvalue weighted by Crippen LogP contribution is -2.57. The number of hydrogen-bond donors (Lipinski definition) is 1. The Kier molecular flexibility index (Phi) is 6.59. The first-order valence-electron chi connectivity index (χ1n) is 12.1. The molecule has 2 aliphatic heterocycles. The van der Waals surface area contributed by atoms with E-state index in [1.54, 1.807) is 6.92 Å². The minimum atomic E-state index is -4.54. The zero-order chi connectivity index (χ0) is 25.6. The molecular weight excluding hydrogens is 493 g/mol. The zero-order valence-electron chi connectivity index (χ0n) is 20.1. The highest BCUT2D eigenvalue weighted by Gasteiger charge is 2.36. The molecular formula is C25H28ClF3N6O. The van der Waals surface area contributed by atoms with Crippen molar-refractivity contribution in [2.75, 3.05) is 31.1 Å². The molecule has 3 aromatic rings. The molecule has 3 atom stereocenters. The van der Waals surface area contributed by atoms with E-state index in [9.17, 15) is 18.0 Å². The summed E-state index contributed by atoms with van der Waals surface area (Å²) >= 11 is 5.86. The summed E-state index contributed by atoms with van der Waals surface area (Å²) in [7, 11) is 0. The van der Waals surface area contributed by atoms with E-state index in [1.165, 1.54) is 16.8 Å². The first-order chi connectivity index (χ1) is 17.1. The second-order valence-electron chi connectivity index (χ2n) is 9.59. The fraction of sp³-hybridized carbons (Fsp3) is 0.480. The zero-order valence-corrected chi connectivity index (χ0v) is 20.9. The number of fused-ring (bicyclic) bond motifs is 1. The highest BCUT2D eigenvalue weighted by Crippen LogP contribution is 2.38. The quantitative estimate of drug-likeness (QED) is 0.548.